The molecule has 1 heterocycles. The molecule has 0 atom stereocenters. The lowest BCUT2D eigenvalue weighted by molar-refractivity contribution is 0.407. The Kier molecular flexibility index (Phi) is 3.93. The van der Waals surface area contributed by atoms with Crippen molar-refractivity contribution in [1.82, 2.24) is 9.78 Å². The van der Waals surface area contributed by atoms with Gasteiger partial charge in [0, 0.05) is 11.8 Å². The third-order valence-electron chi connectivity index (χ3n) is 2.44. The number of halogens is 2. The van der Waals surface area contributed by atoms with Gasteiger partial charge in [-0.3, -0.25) is 4.68 Å². The summed E-state index contributed by atoms with van der Waals surface area (Å²) < 4.78 is 7.97. The standard InChI is InChI=1S/C12H12ClIN2O/c1-8-3-4-11(17-2)9(5-8)6-16-7-10(13)12(14)15-16/h3-5,7H,6H2,1-2H3. The Morgan fingerprint density at radius 2 is 2.24 bits per heavy atom. The fraction of sp³-hybridized carbons (Fsp3) is 0.250. The summed E-state index contributed by atoms with van der Waals surface area (Å²) in [5.74, 6) is 0.872. The van der Waals surface area contributed by atoms with E-state index in [4.69, 9.17) is 16.3 Å². The van der Waals surface area contributed by atoms with E-state index < -0.39 is 0 Å². The molecule has 3 nitrogen and oxygen atoms in total. The molecule has 0 N–H and O–H groups in total. The molecule has 90 valence electrons. The molecular weight excluding hydrogens is 351 g/mol. The van der Waals surface area contributed by atoms with E-state index in [1.807, 2.05) is 23.0 Å². The number of hydrogen-bond acceptors (Lipinski definition) is 2. The van der Waals surface area contributed by atoms with Crippen LogP contribution in [0.15, 0.2) is 24.4 Å². The third kappa shape index (κ3) is 2.93. The summed E-state index contributed by atoms with van der Waals surface area (Å²) in [6, 6.07) is 6.10. The monoisotopic (exact) mass is 362 g/mol. The maximum absolute atomic E-state index is 5.98. The van der Waals surface area contributed by atoms with Crippen molar-refractivity contribution in [2.75, 3.05) is 7.11 Å². The third-order valence-corrected chi connectivity index (χ3v) is 3.84. The summed E-state index contributed by atoms with van der Waals surface area (Å²) in [5, 5.41) is 5.00. The van der Waals surface area contributed by atoms with Crippen LogP contribution in [0.4, 0.5) is 0 Å². The van der Waals surface area contributed by atoms with E-state index in [1.165, 1.54) is 5.56 Å². The summed E-state index contributed by atoms with van der Waals surface area (Å²) in [7, 11) is 1.67. The normalized spacial score (nSPS) is 10.6. The van der Waals surface area contributed by atoms with Crippen LogP contribution in [0, 0.1) is 10.6 Å². The number of aromatic nitrogens is 2. The van der Waals surface area contributed by atoms with Crippen molar-refractivity contribution in [2.24, 2.45) is 0 Å². The molecule has 0 saturated carbocycles. The summed E-state index contributed by atoms with van der Waals surface area (Å²) in [6.07, 6.45) is 1.82. The van der Waals surface area contributed by atoms with Crippen LogP contribution in [-0.4, -0.2) is 16.9 Å². The first-order valence-corrected chi connectivity index (χ1v) is 6.58. The van der Waals surface area contributed by atoms with Crippen LogP contribution in [0.5, 0.6) is 5.75 Å². The van der Waals surface area contributed by atoms with Gasteiger partial charge in [-0.25, -0.2) is 0 Å². The second kappa shape index (κ2) is 5.27. The number of rotatable bonds is 3. The minimum Gasteiger partial charge on any atom is -0.496 e. The van der Waals surface area contributed by atoms with Crippen molar-refractivity contribution >= 4 is 34.2 Å². The van der Waals surface area contributed by atoms with E-state index in [0.29, 0.717) is 11.6 Å². The molecule has 0 saturated heterocycles. The first-order valence-electron chi connectivity index (χ1n) is 5.12. The molecule has 0 aliphatic rings. The van der Waals surface area contributed by atoms with E-state index in [9.17, 15) is 0 Å². The molecular formula is C12H12ClIN2O. The maximum atomic E-state index is 5.98. The first-order chi connectivity index (χ1) is 8.10. The molecule has 0 radical (unpaired) electrons. The van der Waals surface area contributed by atoms with E-state index >= 15 is 0 Å². The molecule has 5 heteroatoms. The molecule has 0 bridgehead atoms. The molecule has 0 amide bonds. The van der Waals surface area contributed by atoms with Crippen molar-refractivity contribution < 1.29 is 4.74 Å². The van der Waals surface area contributed by atoms with E-state index in [1.54, 1.807) is 7.11 Å². The largest absolute Gasteiger partial charge is 0.496 e. The van der Waals surface area contributed by atoms with Crippen LogP contribution in [-0.2, 0) is 6.54 Å². The molecule has 2 rings (SSSR count). The van der Waals surface area contributed by atoms with Crippen LogP contribution >= 0.6 is 34.2 Å². The van der Waals surface area contributed by atoms with Gasteiger partial charge < -0.3 is 4.74 Å². The number of nitrogens with zero attached hydrogens (tertiary/aromatic N) is 2. The predicted molar refractivity (Wildman–Crippen MR) is 76.8 cm³/mol. The van der Waals surface area contributed by atoms with Crippen molar-refractivity contribution in [2.45, 2.75) is 13.5 Å². The molecule has 1 aromatic heterocycles. The van der Waals surface area contributed by atoms with E-state index in [2.05, 4.69) is 40.7 Å². The number of hydrogen-bond donors (Lipinski definition) is 0. The number of aryl methyl sites for hydroxylation is 1. The lowest BCUT2D eigenvalue weighted by Crippen LogP contribution is -2.03. The lowest BCUT2D eigenvalue weighted by atomic mass is 10.1. The van der Waals surface area contributed by atoms with Crippen LogP contribution in [0.25, 0.3) is 0 Å². The smallest absolute Gasteiger partial charge is 0.141 e. The fourth-order valence-electron chi connectivity index (χ4n) is 1.66. The number of ether oxygens (including phenoxy) is 1. The highest BCUT2D eigenvalue weighted by Crippen LogP contribution is 2.22. The zero-order valence-electron chi connectivity index (χ0n) is 9.58. The Balaban J connectivity index is 2.31. The highest BCUT2D eigenvalue weighted by Gasteiger charge is 2.07. The van der Waals surface area contributed by atoms with Crippen molar-refractivity contribution in [3.63, 3.8) is 0 Å². The Morgan fingerprint density at radius 1 is 1.47 bits per heavy atom. The van der Waals surface area contributed by atoms with Gasteiger partial charge in [-0.05, 0) is 35.6 Å². The second-order valence-corrected chi connectivity index (χ2v) is 5.21. The van der Waals surface area contributed by atoms with Crippen LogP contribution in [0.2, 0.25) is 5.02 Å². The SMILES string of the molecule is COc1ccc(C)cc1Cn1cc(Cl)c(I)n1. The van der Waals surface area contributed by atoms with Gasteiger partial charge in [0.05, 0.1) is 18.7 Å². The predicted octanol–water partition coefficient (Wildman–Crippen LogP) is 3.51. The Hall–Kier alpha value is -0.750. The van der Waals surface area contributed by atoms with Crippen molar-refractivity contribution in [3.05, 3.63) is 44.2 Å². The minimum absolute atomic E-state index is 0.660. The Morgan fingerprint density at radius 3 is 2.82 bits per heavy atom. The number of benzene rings is 1. The van der Waals surface area contributed by atoms with Crippen LogP contribution in [0.1, 0.15) is 11.1 Å². The van der Waals surface area contributed by atoms with Crippen LogP contribution < -0.4 is 4.74 Å². The van der Waals surface area contributed by atoms with Gasteiger partial charge in [-0.15, -0.1) is 0 Å². The fourth-order valence-corrected chi connectivity index (χ4v) is 2.23. The zero-order chi connectivity index (χ0) is 12.4. The highest BCUT2D eigenvalue weighted by atomic mass is 127. The van der Waals surface area contributed by atoms with Gasteiger partial charge in [0.1, 0.15) is 9.45 Å². The summed E-state index contributed by atoms with van der Waals surface area (Å²) in [4.78, 5) is 0. The Labute approximate surface area is 119 Å². The minimum atomic E-state index is 0.660. The molecule has 1 aromatic carbocycles. The van der Waals surface area contributed by atoms with E-state index in [-0.39, 0.29) is 0 Å². The molecule has 2 aromatic rings. The van der Waals surface area contributed by atoms with Crippen LogP contribution in [0.3, 0.4) is 0 Å². The van der Waals surface area contributed by atoms with E-state index in [0.717, 1.165) is 15.0 Å². The average Bonchev–Trinajstić information content (AvgIpc) is 2.58. The van der Waals surface area contributed by atoms with Crippen molar-refractivity contribution in [1.29, 1.82) is 0 Å². The van der Waals surface area contributed by atoms with Gasteiger partial charge in [0.2, 0.25) is 0 Å². The molecule has 0 fully saturated rings. The maximum Gasteiger partial charge on any atom is 0.141 e. The average molecular weight is 363 g/mol. The van der Waals surface area contributed by atoms with Crippen molar-refractivity contribution in [3.8, 4) is 5.75 Å². The first kappa shape index (κ1) is 12.7. The zero-order valence-corrected chi connectivity index (χ0v) is 12.5. The highest BCUT2D eigenvalue weighted by molar-refractivity contribution is 14.1. The molecule has 17 heavy (non-hydrogen) atoms. The van der Waals surface area contributed by atoms with Gasteiger partial charge in [0.15, 0.2) is 0 Å². The summed E-state index contributed by atoms with van der Waals surface area (Å²) >= 11 is 8.10. The second-order valence-electron chi connectivity index (χ2n) is 3.78. The quantitative estimate of drug-likeness (QED) is 0.781. The lowest BCUT2D eigenvalue weighted by Gasteiger charge is -2.09. The summed E-state index contributed by atoms with van der Waals surface area (Å²) in [6.45, 7) is 2.72. The molecule has 0 spiro atoms. The topological polar surface area (TPSA) is 27.1 Å². The van der Waals surface area contributed by atoms with Gasteiger partial charge >= 0.3 is 0 Å². The molecule has 0 aliphatic heterocycles. The van der Waals surface area contributed by atoms with Gasteiger partial charge in [-0.2, -0.15) is 5.10 Å². The molecule has 0 aliphatic carbocycles. The summed E-state index contributed by atoms with van der Waals surface area (Å²) in [5.41, 5.74) is 2.30. The van der Waals surface area contributed by atoms with Gasteiger partial charge in [0.25, 0.3) is 0 Å². The number of methoxy groups -OCH3 is 1. The molecule has 0 unspecified atom stereocenters. The Bertz CT molecular complexity index is 520. The van der Waals surface area contributed by atoms with Gasteiger partial charge in [-0.1, -0.05) is 29.3 Å².